The molecule has 1 nitrogen and oxygen atoms in total. The maximum Gasteiger partial charge on any atom is 0.126 e. The summed E-state index contributed by atoms with van der Waals surface area (Å²) in [4.78, 5) is 0. The second-order valence-corrected chi connectivity index (χ2v) is 5.87. The molecular formula is C17H19BrFN. The lowest BCUT2D eigenvalue weighted by molar-refractivity contribution is 0.582. The van der Waals surface area contributed by atoms with E-state index < -0.39 is 0 Å². The fraction of sp³-hybridized carbons (Fsp3) is 0.294. The van der Waals surface area contributed by atoms with Gasteiger partial charge in [0.15, 0.2) is 0 Å². The lowest BCUT2D eigenvalue weighted by atomic mass is 9.97. The summed E-state index contributed by atoms with van der Waals surface area (Å²) in [5.41, 5.74) is 2.77. The Kier molecular flexibility index (Phi) is 5.32. The summed E-state index contributed by atoms with van der Waals surface area (Å²) in [7, 11) is 0. The summed E-state index contributed by atoms with van der Waals surface area (Å²) in [6, 6.07) is 13.6. The quantitative estimate of drug-likeness (QED) is 0.811. The van der Waals surface area contributed by atoms with E-state index in [0.29, 0.717) is 5.56 Å². The first-order chi connectivity index (χ1) is 9.61. The highest BCUT2D eigenvalue weighted by atomic mass is 79.9. The van der Waals surface area contributed by atoms with Crippen molar-refractivity contribution in [3.63, 3.8) is 0 Å². The van der Waals surface area contributed by atoms with E-state index in [0.717, 1.165) is 28.6 Å². The number of nitrogens with one attached hydrogen (secondary N) is 1. The van der Waals surface area contributed by atoms with E-state index in [1.807, 2.05) is 24.3 Å². The summed E-state index contributed by atoms with van der Waals surface area (Å²) >= 11 is 3.50. The van der Waals surface area contributed by atoms with Crippen molar-refractivity contribution in [1.82, 2.24) is 5.32 Å². The minimum Gasteiger partial charge on any atom is -0.306 e. The van der Waals surface area contributed by atoms with E-state index in [2.05, 4.69) is 40.3 Å². The molecule has 1 atom stereocenters. The molecule has 0 aliphatic rings. The minimum absolute atomic E-state index is 0.0162. The number of benzene rings is 2. The molecule has 0 aliphatic heterocycles. The molecule has 1 unspecified atom stereocenters. The highest BCUT2D eigenvalue weighted by Gasteiger charge is 2.14. The third-order valence-corrected chi connectivity index (χ3v) is 3.80. The fourth-order valence-electron chi connectivity index (χ4n) is 2.19. The van der Waals surface area contributed by atoms with Gasteiger partial charge in [-0.05, 0) is 54.8 Å². The normalized spacial score (nSPS) is 12.4. The molecule has 0 aromatic heterocycles. The first kappa shape index (κ1) is 15.2. The summed E-state index contributed by atoms with van der Waals surface area (Å²) in [5.74, 6) is -0.152. The molecule has 106 valence electrons. The molecule has 0 heterocycles. The van der Waals surface area contributed by atoms with Crippen LogP contribution in [0.2, 0.25) is 0 Å². The Morgan fingerprint density at radius 3 is 2.55 bits per heavy atom. The Balaban J connectivity index is 2.38. The molecule has 0 fully saturated rings. The van der Waals surface area contributed by atoms with Crippen LogP contribution < -0.4 is 5.32 Å². The van der Waals surface area contributed by atoms with Crippen molar-refractivity contribution < 1.29 is 4.39 Å². The molecule has 0 saturated carbocycles. The molecule has 0 aliphatic carbocycles. The van der Waals surface area contributed by atoms with Gasteiger partial charge >= 0.3 is 0 Å². The van der Waals surface area contributed by atoms with E-state index in [4.69, 9.17) is 0 Å². The van der Waals surface area contributed by atoms with Gasteiger partial charge in [0, 0.05) is 4.47 Å². The fourth-order valence-corrected chi connectivity index (χ4v) is 2.61. The van der Waals surface area contributed by atoms with Gasteiger partial charge in [0.1, 0.15) is 5.82 Å². The number of halogens is 2. The zero-order valence-corrected chi connectivity index (χ0v) is 13.4. The lowest BCUT2D eigenvalue weighted by Crippen LogP contribution is -2.23. The third kappa shape index (κ3) is 3.68. The van der Waals surface area contributed by atoms with Crippen LogP contribution in [0.4, 0.5) is 4.39 Å². The molecule has 2 aromatic carbocycles. The van der Waals surface area contributed by atoms with Crippen LogP contribution in [-0.4, -0.2) is 6.54 Å². The van der Waals surface area contributed by atoms with Crippen molar-refractivity contribution in [2.45, 2.75) is 26.3 Å². The highest BCUT2D eigenvalue weighted by molar-refractivity contribution is 9.10. The second-order valence-electron chi connectivity index (χ2n) is 4.95. The smallest absolute Gasteiger partial charge is 0.126 e. The Hall–Kier alpha value is -1.19. The van der Waals surface area contributed by atoms with E-state index >= 15 is 0 Å². The zero-order valence-electron chi connectivity index (χ0n) is 11.8. The average Bonchev–Trinajstić information content (AvgIpc) is 2.43. The Morgan fingerprint density at radius 1 is 1.15 bits per heavy atom. The monoisotopic (exact) mass is 335 g/mol. The summed E-state index contributed by atoms with van der Waals surface area (Å²) in [6.45, 7) is 4.81. The Labute approximate surface area is 128 Å². The minimum atomic E-state index is -0.152. The highest BCUT2D eigenvalue weighted by Crippen LogP contribution is 2.26. The van der Waals surface area contributed by atoms with E-state index in [-0.39, 0.29) is 11.9 Å². The van der Waals surface area contributed by atoms with Gasteiger partial charge in [0.2, 0.25) is 0 Å². The van der Waals surface area contributed by atoms with Gasteiger partial charge in [0.05, 0.1) is 6.04 Å². The molecule has 0 radical (unpaired) electrons. The van der Waals surface area contributed by atoms with E-state index in [1.165, 1.54) is 0 Å². The molecule has 0 bridgehead atoms. The van der Waals surface area contributed by atoms with Gasteiger partial charge in [-0.1, -0.05) is 47.1 Å². The molecule has 3 heteroatoms. The Morgan fingerprint density at radius 2 is 1.90 bits per heavy atom. The van der Waals surface area contributed by atoms with Crippen LogP contribution in [0, 0.1) is 12.7 Å². The third-order valence-electron chi connectivity index (χ3n) is 3.31. The van der Waals surface area contributed by atoms with Gasteiger partial charge in [-0.3, -0.25) is 0 Å². The number of hydrogen-bond acceptors (Lipinski definition) is 1. The van der Waals surface area contributed by atoms with Crippen LogP contribution in [0.25, 0.3) is 0 Å². The summed E-state index contributed by atoms with van der Waals surface area (Å²) < 4.78 is 14.9. The van der Waals surface area contributed by atoms with Crippen molar-refractivity contribution in [3.05, 3.63) is 69.4 Å². The molecule has 2 rings (SSSR count). The van der Waals surface area contributed by atoms with Gasteiger partial charge in [-0.2, -0.15) is 0 Å². The SMILES string of the molecule is CCCNC(c1cccc(Br)c1)c1ccc(C)c(F)c1. The maximum absolute atomic E-state index is 13.8. The molecule has 0 spiro atoms. The van der Waals surface area contributed by atoms with Gasteiger partial charge < -0.3 is 5.32 Å². The van der Waals surface area contributed by atoms with Crippen LogP contribution in [0.3, 0.4) is 0 Å². The van der Waals surface area contributed by atoms with Gasteiger partial charge in [-0.25, -0.2) is 4.39 Å². The van der Waals surface area contributed by atoms with Crippen LogP contribution in [0.15, 0.2) is 46.9 Å². The topological polar surface area (TPSA) is 12.0 Å². The predicted molar refractivity (Wildman–Crippen MR) is 85.4 cm³/mol. The van der Waals surface area contributed by atoms with E-state index in [1.54, 1.807) is 13.0 Å². The van der Waals surface area contributed by atoms with Crippen LogP contribution >= 0.6 is 15.9 Å². The Bertz CT molecular complexity index is 583. The summed E-state index contributed by atoms with van der Waals surface area (Å²) in [5, 5.41) is 3.49. The summed E-state index contributed by atoms with van der Waals surface area (Å²) in [6.07, 6.45) is 1.04. The molecular weight excluding hydrogens is 317 g/mol. The number of hydrogen-bond donors (Lipinski definition) is 1. The molecule has 2 aromatic rings. The van der Waals surface area contributed by atoms with Crippen LogP contribution in [-0.2, 0) is 0 Å². The van der Waals surface area contributed by atoms with Crippen molar-refractivity contribution >= 4 is 15.9 Å². The zero-order chi connectivity index (χ0) is 14.5. The van der Waals surface area contributed by atoms with Crippen LogP contribution in [0.1, 0.15) is 36.1 Å². The van der Waals surface area contributed by atoms with Crippen molar-refractivity contribution in [1.29, 1.82) is 0 Å². The number of aryl methyl sites for hydroxylation is 1. The standard InChI is InChI=1S/C17H19BrFN/c1-3-9-20-17(13-5-4-6-15(18)10-13)14-8-7-12(2)16(19)11-14/h4-8,10-11,17,20H,3,9H2,1-2H3. The molecule has 0 saturated heterocycles. The van der Waals surface area contributed by atoms with Crippen molar-refractivity contribution in [2.75, 3.05) is 6.54 Å². The molecule has 1 N–H and O–H groups in total. The first-order valence-corrected chi connectivity index (χ1v) is 7.66. The number of rotatable bonds is 5. The molecule has 0 amide bonds. The first-order valence-electron chi connectivity index (χ1n) is 6.86. The van der Waals surface area contributed by atoms with E-state index in [9.17, 15) is 4.39 Å². The van der Waals surface area contributed by atoms with Crippen LogP contribution in [0.5, 0.6) is 0 Å². The van der Waals surface area contributed by atoms with Gasteiger partial charge in [-0.15, -0.1) is 0 Å². The second kappa shape index (κ2) is 7.00. The largest absolute Gasteiger partial charge is 0.306 e. The maximum atomic E-state index is 13.8. The average molecular weight is 336 g/mol. The van der Waals surface area contributed by atoms with Crippen molar-refractivity contribution in [3.8, 4) is 0 Å². The molecule has 20 heavy (non-hydrogen) atoms. The van der Waals surface area contributed by atoms with Crippen molar-refractivity contribution in [2.24, 2.45) is 0 Å². The predicted octanol–water partition coefficient (Wildman–Crippen LogP) is 4.99. The lowest BCUT2D eigenvalue weighted by Gasteiger charge is -2.20. The van der Waals surface area contributed by atoms with Gasteiger partial charge in [0.25, 0.3) is 0 Å².